The molecule has 0 saturated heterocycles. The third-order valence-electron chi connectivity index (χ3n) is 3.86. The molecule has 17 heavy (non-hydrogen) atoms. The second kappa shape index (κ2) is 4.02. The summed E-state index contributed by atoms with van der Waals surface area (Å²) >= 11 is 1.96. The summed E-state index contributed by atoms with van der Waals surface area (Å²) in [6.07, 6.45) is 7.51. The van der Waals surface area contributed by atoms with E-state index in [1.807, 2.05) is 17.8 Å². The van der Waals surface area contributed by atoms with Crippen LogP contribution in [0.4, 0.5) is 5.69 Å². The van der Waals surface area contributed by atoms with Gasteiger partial charge in [0.15, 0.2) is 0 Å². The molecule has 4 heteroatoms. The van der Waals surface area contributed by atoms with Crippen LogP contribution in [0, 0.1) is 10.1 Å². The number of hydrogen-bond acceptors (Lipinski definition) is 3. The van der Waals surface area contributed by atoms with Gasteiger partial charge in [0.05, 0.1) is 4.92 Å². The summed E-state index contributed by atoms with van der Waals surface area (Å²) in [5.74, 6) is 0. The number of thioether (sulfide) groups is 1. The van der Waals surface area contributed by atoms with Crippen molar-refractivity contribution in [1.29, 1.82) is 0 Å². The monoisotopic (exact) mass is 249 g/mol. The summed E-state index contributed by atoms with van der Waals surface area (Å²) in [5, 5.41) is 10.8. The van der Waals surface area contributed by atoms with Gasteiger partial charge >= 0.3 is 0 Å². The number of nitro groups is 1. The maximum atomic E-state index is 10.8. The van der Waals surface area contributed by atoms with Crippen molar-refractivity contribution in [3.63, 3.8) is 0 Å². The van der Waals surface area contributed by atoms with Gasteiger partial charge in [-0.05, 0) is 30.9 Å². The average molecular weight is 249 g/mol. The van der Waals surface area contributed by atoms with E-state index in [1.54, 1.807) is 12.1 Å². The molecule has 1 fully saturated rings. The third-order valence-corrected chi connectivity index (χ3v) is 5.46. The summed E-state index contributed by atoms with van der Waals surface area (Å²) in [7, 11) is 0. The summed E-state index contributed by atoms with van der Waals surface area (Å²) in [6, 6.07) is 5.33. The van der Waals surface area contributed by atoms with E-state index in [9.17, 15) is 10.1 Å². The maximum absolute atomic E-state index is 10.8. The van der Waals surface area contributed by atoms with Crippen LogP contribution in [-0.2, 0) is 6.42 Å². The summed E-state index contributed by atoms with van der Waals surface area (Å²) in [6.45, 7) is 0. The first-order chi connectivity index (χ1) is 8.19. The van der Waals surface area contributed by atoms with Crippen molar-refractivity contribution in [3.05, 3.63) is 33.9 Å². The SMILES string of the molecule is O=[N+]([O-])c1ccc2c(c1)CC1(CCCCC1)S2. The quantitative estimate of drug-likeness (QED) is 0.559. The Bertz CT molecular complexity index is 466. The van der Waals surface area contributed by atoms with Crippen LogP contribution in [0.2, 0.25) is 0 Å². The second-order valence-corrected chi connectivity index (χ2v) is 6.58. The molecule has 0 bridgehead atoms. The Hall–Kier alpha value is -1.03. The van der Waals surface area contributed by atoms with Gasteiger partial charge in [0.2, 0.25) is 0 Å². The van der Waals surface area contributed by atoms with Gasteiger partial charge < -0.3 is 0 Å². The molecule has 0 radical (unpaired) electrons. The van der Waals surface area contributed by atoms with Gasteiger partial charge in [-0.3, -0.25) is 10.1 Å². The first-order valence-corrected chi connectivity index (χ1v) is 6.97. The van der Waals surface area contributed by atoms with Gasteiger partial charge in [-0.25, -0.2) is 0 Å². The number of nitrogens with zero attached hydrogens (tertiary/aromatic N) is 1. The Morgan fingerprint density at radius 2 is 2.00 bits per heavy atom. The van der Waals surface area contributed by atoms with Crippen molar-refractivity contribution in [3.8, 4) is 0 Å². The largest absolute Gasteiger partial charge is 0.269 e. The molecule has 2 aliphatic rings. The predicted molar refractivity (Wildman–Crippen MR) is 68.5 cm³/mol. The lowest BCUT2D eigenvalue weighted by molar-refractivity contribution is -0.385. The van der Waals surface area contributed by atoms with Crippen molar-refractivity contribution in [2.24, 2.45) is 0 Å². The molecule has 1 saturated carbocycles. The molecule has 3 rings (SSSR count). The number of nitro benzene ring substituents is 1. The molecule has 1 aliphatic carbocycles. The van der Waals surface area contributed by atoms with Gasteiger partial charge in [0.25, 0.3) is 5.69 Å². The van der Waals surface area contributed by atoms with Crippen LogP contribution in [0.5, 0.6) is 0 Å². The first-order valence-electron chi connectivity index (χ1n) is 6.15. The summed E-state index contributed by atoms with van der Waals surface area (Å²) in [4.78, 5) is 11.7. The normalized spacial score (nSPS) is 21.4. The minimum Gasteiger partial charge on any atom is -0.258 e. The minimum atomic E-state index is -0.295. The zero-order valence-electron chi connectivity index (χ0n) is 9.65. The highest BCUT2D eigenvalue weighted by Gasteiger charge is 2.39. The van der Waals surface area contributed by atoms with E-state index in [0.717, 1.165) is 6.42 Å². The van der Waals surface area contributed by atoms with Crippen molar-refractivity contribution in [2.45, 2.75) is 48.2 Å². The van der Waals surface area contributed by atoms with Crippen LogP contribution < -0.4 is 0 Å². The lowest BCUT2D eigenvalue weighted by atomic mass is 9.84. The van der Waals surface area contributed by atoms with Gasteiger partial charge in [0.1, 0.15) is 0 Å². The lowest BCUT2D eigenvalue weighted by Gasteiger charge is -2.32. The molecule has 1 spiro atoms. The number of rotatable bonds is 1. The molecule has 90 valence electrons. The van der Waals surface area contributed by atoms with Crippen molar-refractivity contribution >= 4 is 17.4 Å². The van der Waals surface area contributed by atoms with E-state index in [-0.39, 0.29) is 10.6 Å². The minimum absolute atomic E-state index is 0.234. The zero-order chi connectivity index (χ0) is 11.9. The van der Waals surface area contributed by atoms with Crippen LogP contribution in [0.25, 0.3) is 0 Å². The van der Waals surface area contributed by atoms with Crippen LogP contribution >= 0.6 is 11.8 Å². The van der Waals surface area contributed by atoms with Crippen molar-refractivity contribution in [1.82, 2.24) is 0 Å². The van der Waals surface area contributed by atoms with Gasteiger partial charge in [-0.1, -0.05) is 19.3 Å². The van der Waals surface area contributed by atoms with E-state index >= 15 is 0 Å². The van der Waals surface area contributed by atoms with E-state index in [1.165, 1.54) is 42.6 Å². The van der Waals surface area contributed by atoms with Crippen molar-refractivity contribution in [2.75, 3.05) is 0 Å². The molecule has 3 nitrogen and oxygen atoms in total. The highest BCUT2D eigenvalue weighted by molar-refractivity contribution is 8.01. The van der Waals surface area contributed by atoms with Crippen LogP contribution in [-0.4, -0.2) is 9.67 Å². The molecule has 1 heterocycles. The summed E-state index contributed by atoms with van der Waals surface area (Å²) < 4.78 is 0.357. The van der Waals surface area contributed by atoms with Crippen LogP contribution in [0.15, 0.2) is 23.1 Å². The molecule has 0 atom stereocenters. The zero-order valence-corrected chi connectivity index (χ0v) is 10.5. The highest BCUT2D eigenvalue weighted by Crippen LogP contribution is 2.52. The number of benzene rings is 1. The molecular formula is C13H15NO2S. The first kappa shape index (κ1) is 11.1. The smallest absolute Gasteiger partial charge is 0.258 e. The standard InChI is InChI=1S/C13H15NO2S/c15-14(16)11-4-5-12-10(8-11)9-13(17-12)6-2-1-3-7-13/h4-5,8H,1-3,6-7,9H2. The number of non-ortho nitro benzene ring substituents is 1. The molecule has 0 aromatic heterocycles. The Morgan fingerprint density at radius 1 is 1.24 bits per heavy atom. The van der Waals surface area contributed by atoms with Gasteiger partial charge in [-0.15, -0.1) is 11.8 Å². The fourth-order valence-electron chi connectivity index (χ4n) is 3.01. The maximum Gasteiger partial charge on any atom is 0.269 e. The molecule has 0 N–H and O–H groups in total. The molecule has 1 aliphatic heterocycles. The molecule has 1 aromatic rings. The van der Waals surface area contributed by atoms with Crippen LogP contribution in [0.3, 0.4) is 0 Å². The van der Waals surface area contributed by atoms with Crippen molar-refractivity contribution < 1.29 is 4.92 Å². The van der Waals surface area contributed by atoms with E-state index in [4.69, 9.17) is 0 Å². The fraction of sp³-hybridized carbons (Fsp3) is 0.538. The Labute approximate surface area is 105 Å². The van der Waals surface area contributed by atoms with E-state index < -0.39 is 0 Å². The third kappa shape index (κ3) is 1.95. The Kier molecular flexibility index (Phi) is 2.62. The number of hydrogen-bond donors (Lipinski definition) is 0. The van der Waals surface area contributed by atoms with Gasteiger partial charge in [0, 0.05) is 21.8 Å². The van der Waals surface area contributed by atoms with Gasteiger partial charge in [-0.2, -0.15) is 0 Å². The average Bonchev–Trinajstić information content (AvgIpc) is 2.66. The predicted octanol–water partition coefficient (Wildman–Crippen LogP) is 3.95. The lowest BCUT2D eigenvalue weighted by Crippen LogP contribution is -2.26. The van der Waals surface area contributed by atoms with E-state index in [2.05, 4.69) is 0 Å². The molecule has 1 aromatic carbocycles. The molecular weight excluding hydrogens is 234 g/mol. The number of fused-ring (bicyclic) bond motifs is 1. The fourth-order valence-corrected chi connectivity index (χ4v) is 4.59. The Balaban J connectivity index is 1.89. The second-order valence-electron chi connectivity index (χ2n) is 5.07. The molecule has 0 amide bonds. The highest BCUT2D eigenvalue weighted by atomic mass is 32.2. The Morgan fingerprint density at radius 3 is 2.71 bits per heavy atom. The van der Waals surface area contributed by atoms with Crippen LogP contribution in [0.1, 0.15) is 37.7 Å². The summed E-state index contributed by atoms with van der Waals surface area (Å²) in [5.41, 5.74) is 1.42. The molecule has 0 unspecified atom stereocenters. The topological polar surface area (TPSA) is 43.1 Å². The van der Waals surface area contributed by atoms with E-state index in [0.29, 0.717) is 4.75 Å².